The molecule has 0 saturated carbocycles. The fraction of sp³-hybridized carbons (Fsp3) is 0.444. The lowest BCUT2D eigenvalue weighted by Gasteiger charge is -2.30. The van der Waals surface area contributed by atoms with Crippen LogP contribution in [-0.4, -0.2) is 74.0 Å². The third-order valence-electron chi connectivity index (χ3n) is 4.34. The summed E-state index contributed by atoms with van der Waals surface area (Å²) in [4.78, 5) is 27.0. The van der Waals surface area contributed by atoms with Crippen LogP contribution in [0.15, 0.2) is 30.3 Å². The highest BCUT2D eigenvalue weighted by molar-refractivity contribution is 5.92. The highest BCUT2D eigenvalue weighted by atomic mass is 16.5. The molecule has 0 spiro atoms. The van der Waals surface area contributed by atoms with E-state index in [1.807, 2.05) is 24.3 Å². The lowest BCUT2D eigenvalue weighted by molar-refractivity contribution is -0.158. The molecule has 1 unspecified atom stereocenters. The van der Waals surface area contributed by atoms with Crippen molar-refractivity contribution in [2.45, 2.75) is 6.10 Å². The van der Waals surface area contributed by atoms with Crippen molar-refractivity contribution >= 4 is 23.6 Å². The fourth-order valence-corrected chi connectivity index (χ4v) is 2.89. The molecule has 0 radical (unpaired) electrons. The number of ether oxygens (including phenoxy) is 2. The highest BCUT2D eigenvalue weighted by Gasteiger charge is 2.27. The van der Waals surface area contributed by atoms with Crippen LogP contribution in [0.25, 0.3) is 6.08 Å². The molecule has 2 aliphatic rings. The summed E-state index contributed by atoms with van der Waals surface area (Å²) in [7, 11) is 0. The van der Waals surface area contributed by atoms with Gasteiger partial charge in [0.05, 0.1) is 26.4 Å². The van der Waals surface area contributed by atoms with E-state index in [1.165, 1.54) is 11.0 Å². The maximum absolute atomic E-state index is 12.2. The summed E-state index contributed by atoms with van der Waals surface area (Å²) in [5.74, 6) is -1.24. The molecule has 7 nitrogen and oxygen atoms in total. The minimum absolute atomic E-state index is 0.0779. The molecule has 2 saturated heterocycles. The number of anilines is 1. The van der Waals surface area contributed by atoms with Crippen LogP contribution in [0.1, 0.15) is 5.56 Å². The average Bonchev–Trinajstić information content (AvgIpc) is 2.67. The summed E-state index contributed by atoms with van der Waals surface area (Å²) in [6.07, 6.45) is 2.28. The number of carbonyl (C=O) groups is 2. The highest BCUT2D eigenvalue weighted by Crippen LogP contribution is 2.17. The summed E-state index contributed by atoms with van der Waals surface area (Å²) < 4.78 is 10.5. The van der Waals surface area contributed by atoms with Crippen LogP contribution < -0.4 is 4.90 Å². The number of morpholine rings is 2. The quantitative estimate of drug-likeness (QED) is 0.814. The minimum Gasteiger partial charge on any atom is -0.479 e. The Balaban J connectivity index is 1.57. The van der Waals surface area contributed by atoms with Crippen molar-refractivity contribution in [3.8, 4) is 0 Å². The lowest BCUT2D eigenvalue weighted by atomic mass is 10.1. The molecule has 2 aliphatic heterocycles. The van der Waals surface area contributed by atoms with E-state index in [0.717, 1.165) is 37.6 Å². The summed E-state index contributed by atoms with van der Waals surface area (Å²) in [6, 6.07) is 8.00. The number of carboxylic acid groups (broad SMARTS) is 1. The summed E-state index contributed by atoms with van der Waals surface area (Å²) in [6.45, 7) is 3.98. The van der Waals surface area contributed by atoms with E-state index in [1.54, 1.807) is 6.08 Å². The molecule has 1 aromatic carbocycles. The molecule has 1 atom stereocenters. The molecular weight excluding hydrogens is 324 g/mol. The van der Waals surface area contributed by atoms with E-state index >= 15 is 0 Å². The number of aliphatic carboxylic acids is 1. The number of carbonyl (C=O) groups excluding carboxylic acids is 1. The molecule has 3 rings (SSSR count). The average molecular weight is 346 g/mol. The van der Waals surface area contributed by atoms with Crippen molar-refractivity contribution < 1.29 is 24.2 Å². The molecule has 0 aromatic heterocycles. The molecule has 1 aromatic rings. The van der Waals surface area contributed by atoms with Gasteiger partial charge >= 0.3 is 5.97 Å². The van der Waals surface area contributed by atoms with Gasteiger partial charge in [0.1, 0.15) is 0 Å². The van der Waals surface area contributed by atoms with Crippen LogP contribution in [0.4, 0.5) is 5.69 Å². The Labute approximate surface area is 146 Å². The Kier molecular flexibility index (Phi) is 5.67. The maximum Gasteiger partial charge on any atom is 0.334 e. The van der Waals surface area contributed by atoms with Gasteiger partial charge in [0, 0.05) is 31.4 Å². The maximum atomic E-state index is 12.2. The van der Waals surface area contributed by atoms with Crippen molar-refractivity contribution in [1.29, 1.82) is 0 Å². The standard InChI is InChI=1S/C18H22N2O5/c21-17(20-9-12-25-16(13-20)18(22)23)6-3-14-1-4-15(5-2-14)19-7-10-24-11-8-19/h1-6,16H,7-13H2,(H,22,23)/b6-3+. The SMILES string of the molecule is O=C(O)C1CN(C(=O)/C=C/c2ccc(N3CCOCC3)cc2)CCO1. The fourth-order valence-electron chi connectivity index (χ4n) is 2.89. The normalized spacial score (nSPS) is 21.5. The summed E-state index contributed by atoms with van der Waals surface area (Å²) in [5.41, 5.74) is 2.07. The number of benzene rings is 1. The van der Waals surface area contributed by atoms with Gasteiger partial charge in [0.15, 0.2) is 6.10 Å². The molecule has 2 fully saturated rings. The number of hydrogen-bond donors (Lipinski definition) is 1. The van der Waals surface area contributed by atoms with Crippen LogP contribution in [0.2, 0.25) is 0 Å². The minimum atomic E-state index is -1.04. The van der Waals surface area contributed by atoms with Gasteiger partial charge < -0.3 is 24.4 Å². The van der Waals surface area contributed by atoms with Crippen LogP contribution in [-0.2, 0) is 19.1 Å². The third kappa shape index (κ3) is 4.58. The largest absolute Gasteiger partial charge is 0.479 e. The molecule has 7 heteroatoms. The molecule has 134 valence electrons. The number of carboxylic acids is 1. The van der Waals surface area contributed by atoms with E-state index in [-0.39, 0.29) is 19.1 Å². The first-order chi connectivity index (χ1) is 12.1. The van der Waals surface area contributed by atoms with Gasteiger partial charge in [-0.1, -0.05) is 12.1 Å². The van der Waals surface area contributed by atoms with Crippen molar-refractivity contribution in [1.82, 2.24) is 4.90 Å². The van der Waals surface area contributed by atoms with Gasteiger partial charge in [0.2, 0.25) is 5.91 Å². The van der Waals surface area contributed by atoms with Gasteiger partial charge in [-0.3, -0.25) is 4.79 Å². The van der Waals surface area contributed by atoms with E-state index in [4.69, 9.17) is 14.6 Å². The first-order valence-corrected chi connectivity index (χ1v) is 8.37. The van der Waals surface area contributed by atoms with Gasteiger partial charge in [0.25, 0.3) is 0 Å². The molecule has 1 N–H and O–H groups in total. The second kappa shape index (κ2) is 8.13. The predicted octanol–water partition coefficient (Wildman–Crippen LogP) is 0.848. The number of nitrogens with zero attached hydrogens (tertiary/aromatic N) is 2. The van der Waals surface area contributed by atoms with Crippen molar-refractivity contribution in [2.24, 2.45) is 0 Å². The van der Waals surface area contributed by atoms with Gasteiger partial charge in [-0.15, -0.1) is 0 Å². The molecule has 1 amide bonds. The van der Waals surface area contributed by atoms with Crippen molar-refractivity contribution in [2.75, 3.05) is 50.9 Å². The van der Waals surface area contributed by atoms with Crippen molar-refractivity contribution in [3.63, 3.8) is 0 Å². The van der Waals surface area contributed by atoms with Crippen LogP contribution in [0, 0.1) is 0 Å². The zero-order valence-electron chi connectivity index (χ0n) is 14.0. The number of rotatable bonds is 4. The third-order valence-corrected chi connectivity index (χ3v) is 4.34. The van der Waals surface area contributed by atoms with E-state index in [9.17, 15) is 9.59 Å². The number of hydrogen-bond acceptors (Lipinski definition) is 5. The lowest BCUT2D eigenvalue weighted by Crippen LogP contribution is -2.48. The Morgan fingerprint density at radius 1 is 1.08 bits per heavy atom. The van der Waals surface area contributed by atoms with Crippen LogP contribution in [0.3, 0.4) is 0 Å². The van der Waals surface area contributed by atoms with E-state index in [2.05, 4.69) is 4.90 Å². The van der Waals surface area contributed by atoms with Gasteiger partial charge in [-0.05, 0) is 23.8 Å². The topological polar surface area (TPSA) is 79.3 Å². The molecule has 0 bridgehead atoms. The first kappa shape index (κ1) is 17.4. The Morgan fingerprint density at radius 2 is 1.80 bits per heavy atom. The van der Waals surface area contributed by atoms with E-state index in [0.29, 0.717) is 6.54 Å². The summed E-state index contributed by atoms with van der Waals surface area (Å²) in [5, 5.41) is 8.99. The molecule has 2 heterocycles. The Bertz CT molecular complexity index is 637. The number of amides is 1. The zero-order chi connectivity index (χ0) is 17.6. The first-order valence-electron chi connectivity index (χ1n) is 8.37. The second-order valence-corrected chi connectivity index (χ2v) is 6.01. The van der Waals surface area contributed by atoms with Crippen LogP contribution in [0.5, 0.6) is 0 Å². The Hall–Kier alpha value is -2.38. The summed E-state index contributed by atoms with van der Waals surface area (Å²) >= 11 is 0. The smallest absolute Gasteiger partial charge is 0.334 e. The Morgan fingerprint density at radius 3 is 2.48 bits per heavy atom. The van der Waals surface area contributed by atoms with Crippen LogP contribution >= 0.6 is 0 Å². The molecule has 25 heavy (non-hydrogen) atoms. The molecule has 0 aliphatic carbocycles. The van der Waals surface area contributed by atoms with Gasteiger partial charge in [-0.25, -0.2) is 4.79 Å². The predicted molar refractivity (Wildman–Crippen MR) is 92.5 cm³/mol. The molecular formula is C18H22N2O5. The second-order valence-electron chi connectivity index (χ2n) is 6.01. The van der Waals surface area contributed by atoms with E-state index < -0.39 is 12.1 Å². The van der Waals surface area contributed by atoms with Crippen molar-refractivity contribution in [3.05, 3.63) is 35.9 Å². The van der Waals surface area contributed by atoms with Gasteiger partial charge in [-0.2, -0.15) is 0 Å². The zero-order valence-corrected chi connectivity index (χ0v) is 14.0. The monoisotopic (exact) mass is 346 g/mol.